The molecule has 7 heteroatoms. The molecule has 0 aromatic heterocycles. The van der Waals surface area contributed by atoms with E-state index in [1.165, 1.54) is 19.4 Å². The average molecular weight is 381 g/mol. The molecular formula is C20H40N6O. The zero-order chi connectivity index (χ0) is 19.9. The summed E-state index contributed by atoms with van der Waals surface area (Å²) in [6.45, 7) is 14.6. The van der Waals surface area contributed by atoms with Crippen molar-refractivity contribution in [2.45, 2.75) is 65.0 Å². The van der Waals surface area contributed by atoms with E-state index in [9.17, 15) is 4.79 Å². The van der Waals surface area contributed by atoms with Crippen molar-refractivity contribution in [1.82, 2.24) is 20.4 Å². The lowest BCUT2D eigenvalue weighted by molar-refractivity contribution is -0.124. The SMILES string of the molecule is CCN1CCCC1CNC(N)=NCC1CCN(CC(=O)NC(C)(C)C)CC1. The molecule has 0 saturated carbocycles. The van der Waals surface area contributed by atoms with Gasteiger partial charge in [-0.1, -0.05) is 6.92 Å². The first-order valence-corrected chi connectivity index (χ1v) is 10.6. The minimum atomic E-state index is -0.165. The average Bonchev–Trinajstić information content (AvgIpc) is 3.05. The van der Waals surface area contributed by atoms with E-state index in [0.717, 1.165) is 45.6 Å². The summed E-state index contributed by atoms with van der Waals surface area (Å²) < 4.78 is 0. The Morgan fingerprint density at radius 1 is 1.19 bits per heavy atom. The number of hydrogen-bond donors (Lipinski definition) is 3. The van der Waals surface area contributed by atoms with Gasteiger partial charge in [-0.25, -0.2) is 0 Å². The van der Waals surface area contributed by atoms with Gasteiger partial charge < -0.3 is 16.4 Å². The molecule has 2 saturated heterocycles. The minimum Gasteiger partial charge on any atom is -0.370 e. The van der Waals surface area contributed by atoms with Crippen LogP contribution < -0.4 is 16.4 Å². The number of nitrogens with two attached hydrogens (primary N) is 1. The number of hydrogen-bond acceptors (Lipinski definition) is 4. The number of carbonyl (C=O) groups is 1. The molecule has 2 aliphatic heterocycles. The van der Waals surface area contributed by atoms with Crippen molar-refractivity contribution in [2.24, 2.45) is 16.6 Å². The summed E-state index contributed by atoms with van der Waals surface area (Å²) in [4.78, 5) is 21.4. The largest absolute Gasteiger partial charge is 0.370 e. The number of guanidine groups is 1. The van der Waals surface area contributed by atoms with Crippen LogP contribution in [0.2, 0.25) is 0 Å². The van der Waals surface area contributed by atoms with E-state index in [-0.39, 0.29) is 11.4 Å². The summed E-state index contributed by atoms with van der Waals surface area (Å²) >= 11 is 0. The fourth-order valence-electron chi connectivity index (χ4n) is 4.04. The normalized spacial score (nSPS) is 23.6. The molecule has 2 heterocycles. The molecule has 1 amide bonds. The van der Waals surface area contributed by atoms with Crippen molar-refractivity contribution in [3.63, 3.8) is 0 Å². The molecule has 0 aromatic rings. The third kappa shape index (κ3) is 8.05. The highest BCUT2D eigenvalue weighted by Gasteiger charge is 2.24. The molecule has 7 nitrogen and oxygen atoms in total. The highest BCUT2D eigenvalue weighted by Crippen LogP contribution is 2.18. The zero-order valence-corrected chi connectivity index (χ0v) is 17.8. The lowest BCUT2D eigenvalue weighted by Gasteiger charge is -2.31. The summed E-state index contributed by atoms with van der Waals surface area (Å²) in [5.41, 5.74) is 5.90. The van der Waals surface area contributed by atoms with Gasteiger partial charge >= 0.3 is 0 Å². The minimum absolute atomic E-state index is 0.112. The Morgan fingerprint density at radius 3 is 2.52 bits per heavy atom. The Morgan fingerprint density at radius 2 is 1.89 bits per heavy atom. The first-order chi connectivity index (χ1) is 12.8. The van der Waals surface area contributed by atoms with Crippen LogP contribution in [0.25, 0.3) is 0 Å². The molecule has 27 heavy (non-hydrogen) atoms. The number of nitrogens with zero attached hydrogens (tertiary/aromatic N) is 3. The summed E-state index contributed by atoms with van der Waals surface area (Å²) in [5.74, 6) is 1.25. The second kappa shape index (κ2) is 10.3. The number of likely N-dealkylation sites (tertiary alicyclic amines) is 2. The van der Waals surface area contributed by atoms with Gasteiger partial charge in [0.05, 0.1) is 6.54 Å². The number of nitrogens with one attached hydrogen (secondary N) is 2. The molecule has 4 N–H and O–H groups in total. The van der Waals surface area contributed by atoms with Crippen LogP contribution in [0.3, 0.4) is 0 Å². The van der Waals surface area contributed by atoms with Gasteiger partial charge in [0.15, 0.2) is 5.96 Å². The number of rotatable bonds is 7. The Labute approximate surface area is 165 Å². The van der Waals surface area contributed by atoms with Gasteiger partial charge in [0, 0.05) is 24.7 Å². The van der Waals surface area contributed by atoms with Crippen LogP contribution in [0.15, 0.2) is 4.99 Å². The topological polar surface area (TPSA) is 86.0 Å². The molecule has 2 fully saturated rings. The van der Waals surface area contributed by atoms with E-state index in [2.05, 4.69) is 32.3 Å². The monoisotopic (exact) mass is 380 g/mol. The highest BCUT2D eigenvalue weighted by molar-refractivity contribution is 5.78. The van der Waals surface area contributed by atoms with Crippen molar-refractivity contribution in [3.8, 4) is 0 Å². The Kier molecular flexibility index (Phi) is 8.35. The second-order valence-electron chi connectivity index (χ2n) is 9.05. The zero-order valence-electron chi connectivity index (χ0n) is 17.8. The van der Waals surface area contributed by atoms with Crippen molar-refractivity contribution >= 4 is 11.9 Å². The predicted octanol–water partition coefficient (Wildman–Crippen LogP) is 1.00. The number of carbonyl (C=O) groups excluding carboxylic acids is 1. The van der Waals surface area contributed by atoms with Crippen molar-refractivity contribution in [2.75, 3.05) is 45.8 Å². The van der Waals surface area contributed by atoms with E-state index in [1.807, 2.05) is 20.8 Å². The molecule has 0 bridgehead atoms. The molecule has 0 aromatic carbocycles. The van der Waals surface area contributed by atoms with Crippen LogP contribution in [0.4, 0.5) is 0 Å². The maximum absolute atomic E-state index is 12.0. The lowest BCUT2D eigenvalue weighted by atomic mass is 9.97. The Hall–Kier alpha value is -1.34. The molecule has 1 unspecified atom stereocenters. The first kappa shape index (κ1) is 22.0. The molecule has 2 rings (SSSR count). The summed E-state index contributed by atoms with van der Waals surface area (Å²) in [6.07, 6.45) is 4.68. The van der Waals surface area contributed by atoms with E-state index in [4.69, 9.17) is 5.73 Å². The van der Waals surface area contributed by atoms with Gasteiger partial charge in [0.25, 0.3) is 0 Å². The number of amides is 1. The Bertz CT molecular complexity index is 493. The third-order valence-electron chi connectivity index (χ3n) is 5.53. The quantitative estimate of drug-likeness (QED) is 0.453. The van der Waals surface area contributed by atoms with Gasteiger partial charge in [-0.05, 0) is 78.6 Å². The molecular weight excluding hydrogens is 340 g/mol. The van der Waals surface area contributed by atoms with Crippen LogP contribution in [0.5, 0.6) is 0 Å². The van der Waals surface area contributed by atoms with Gasteiger partial charge in [-0.3, -0.25) is 19.6 Å². The van der Waals surface area contributed by atoms with Crippen molar-refractivity contribution in [1.29, 1.82) is 0 Å². The fourth-order valence-corrected chi connectivity index (χ4v) is 4.04. The van der Waals surface area contributed by atoms with Gasteiger partial charge in [0.2, 0.25) is 5.91 Å². The maximum atomic E-state index is 12.0. The van der Waals surface area contributed by atoms with Crippen molar-refractivity contribution < 1.29 is 4.79 Å². The number of likely N-dealkylation sites (N-methyl/N-ethyl adjacent to an activating group) is 1. The molecule has 0 aliphatic carbocycles. The Balaban J connectivity index is 1.63. The molecule has 2 aliphatic rings. The standard InChI is InChI=1S/C20H40N6O/c1-5-26-10-6-7-17(26)14-23-19(21)22-13-16-8-11-25(12-9-16)15-18(27)24-20(2,3)4/h16-17H,5-15H2,1-4H3,(H,24,27)(H3,21,22,23). The van der Waals surface area contributed by atoms with Crippen LogP contribution in [0, 0.1) is 5.92 Å². The van der Waals surface area contributed by atoms with Gasteiger partial charge in [-0.15, -0.1) is 0 Å². The van der Waals surface area contributed by atoms with Crippen LogP contribution in [-0.2, 0) is 4.79 Å². The van der Waals surface area contributed by atoms with Crippen molar-refractivity contribution in [3.05, 3.63) is 0 Å². The smallest absolute Gasteiger partial charge is 0.234 e. The predicted molar refractivity (Wildman–Crippen MR) is 112 cm³/mol. The summed E-state index contributed by atoms with van der Waals surface area (Å²) in [6, 6.07) is 0.589. The third-order valence-corrected chi connectivity index (χ3v) is 5.53. The lowest BCUT2D eigenvalue weighted by Crippen LogP contribution is -2.47. The second-order valence-corrected chi connectivity index (χ2v) is 9.05. The fraction of sp³-hybridized carbons (Fsp3) is 0.900. The molecule has 0 radical (unpaired) electrons. The van der Waals surface area contributed by atoms with Crippen LogP contribution in [-0.4, -0.2) is 79.1 Å². The molecule has 0 spiro atoms. The van der Waals surface area contributed by atoms with Crippen LogP contribution >= 0.6 is 0 Å². The molecule has 156 valence electrons. The highest BCUT2D eigenvalue weighted by atomic mass is 16.2. The summed E-state index contributed by atoms with van der Waals surface area (Å²) in [5, 5.41) is 6.34. The molecule has 1 atom stereocenters. The van der Waals surface area contributed by atoms with Crippen LogP contribution in [0.1, 0.15) is 53.4 Å². The maximum Gasteiger partial charge on any atom is 0.234 e. The van der Waals surface area contributed by atoms with E-state index in [1.54, 1.807) is 0 Å². The first-order valence-electron chi connectivity index (χ1n) is 10.6. The van der Waals surface area contributed by atoms with E-state index >= 15 is 0 Å². The van der Waals surface area contributed by atoms with Gasteiger partial charge in [-0.2, -0.15) is 0 Å². The van der Waals surface area contributed by atoms with E-state index < -0.39 is 0 Å². The number of aliphatic imine (C=N–C) groups is 1. The van der Waals surface area contributed by atoms with Gasteiger partial charge in [0.1, 0.15) is 0 Å². The van der Waals surface area contributed by atoms with E-state index in [0.29, 0.717) is 24.5 Å². The number of piperidine rings is 1. The summed E-state index contributed by atoms with van der Waals surface area (Å²) in [7, 11) is 0.